The highest BCUT2D eigenvalue weighted by molar-refractivity contribution is 8.92. The molecule has 1 fully saturated rings. The van der Waals surface area contributed by atoms with Gasteiger partial charge in [-0.1, -0.05) is 32.3 Å². The van der Waals surface area contributed by atoms with E-state index < -0.39 is 0 Å². The van der Waals surface area contributed by atoms with Gasteiger partial charge in [0.05, 0.1) is 0 Å². The zero-order valence-corrected chi connectivity index (χ0v) is 8.17. The van der Waals surface area contributed by atoms with Crippen molar-refractivity contribution in [1.29, 1.82) is 0 Å². The second-order valence-electron chi connectivity index (χ2n) is 3.65. The molecule has 0 aromatic rings. The van der Waals surface area contributed by atoms with Crippen molar-refractivity contribution in [2.75, 3.05) is 0 Å². The molecule has 1 saturated heterocycles. The summed E-state index contributed by atoms with van der Waals surface area (Å²) in [7, 11) is 2.49. The van der Waals surface area contributed by atoms with Gasteiger partial charge in [0, 0.05) is 0 Å². The van der Waals surface area contributed by atoms with E-state index in [1.165, 1.54) is 25.4 Å². The summed E-state index contributed by atoms with van der Waals surface area (Å²) in [5, 5.41) is 0. The van der Waals surface area contributed by atoms with Crippen molar-refractivity contribution in [3.8, 4) is 0 Å². The van der Waals surface area contributed by atoms with Gasteiger partial charge < -0.3 is 9.43 Å². The van der Waals surface area contributed by atoms with Gasteiger partial charge in [-0.15, -0.1) is 0 Å². The molecule has 0 spiro atoms. The van der Waals surface area contributed by atoms with Gasteiger partial charge >= 0.3 is 0 Å². The van der Waals surface area contributed by atoms with Gasteiger partial charge in [0.15, 0.2) is 0 Å². The molecule has 0 saturated carbocycles. The molecule has 1 aliphatic heterocycles. The van der Waals surface area contributed by atoms with Crippen LogP contribution in [0.2, 0.25) is 19.0 Å². The van der Waals surface area contributed by atoms with Crippen molar-refractivity contribution in [1.82, 2.24) is 0 Å². The Hall–Kier alpha value is 0.610. The fourth-order valence-electron chi connectivity index (χ4n) is 1.70. The van der Waals surface area contributed by atoms with E-state index in [1.54, 1.807) is 19.7 Å². The third-order valence-electron chi connectivity index (χ3n) is 2.51. The molecule has 0 atom stereocenters. The van der Waals surface area contributed by atoms with Crippen LogP contribution in [0.25, 0.3) is 0 Å². The molecule has 10 heavy (non-hydrogen) atoms. The molecule has 5 heteroatoms. The minimum Gasteiger partial charge on any atom is -0.377 e. The summed E-state index contributed by atoms with van der Waals surface area (Å²) in [6.07, 6.45) is 5.92. The van der Waals surface area contributed by atoms with Gasteiger partial charge in [0.1, 0.15) is 26.8 Å². The number of hydrogen-bond acceptors (Lipinski definition) is 0. The highest BCUT2D eigenvalue weighted by Gasteiger charge is 2.25. The summed E-state index contributed by atoms with van der Waals surface area (Å²) in [5.41, 5.74) is 0. The van der Waals surface area contributed by atoms with Gasteiger partial charge in [-0.2, -0.15) is 0 Å². The van der Waals surface area contributed by atoms with Crippen LogP contribution in [0.5, 0.6) is 0 Å². The molecule has 0 nitrogen and oxygen atoms in total. The lowest BCUT2D eigenvalue weighted by atomic mass is 9.91. The molecule has 0 bridgehead atoms. The van der Waals surface area contributed by atoms with Crippen molar-refractivity contribution in [3.05, 3.63) is 0 Å². The summed E-state index contributed by atoms with van der Waals surface area (Å²) >= 11 is 0. The maximum Gasteiger partial charge on any atom is 0.144 e. The minimum atomic E-state index is -0.0659. The second kappa shape index (κ2) is 3.85. The summed E-state index contributed by atoms with van der Waals surface area (Å²) in [6, 6.07) is 0. The highest BCUT2D eigenvalue weighted by atomic mass is 32.3. The Balaban J connectivity index is 2.22. The summed E-state index contributed by atoms with van der Waals surface area (Å²) in [5.74, 6) is 0. The third kappa shape index (κ3) is 2.34. The van der Waals surface area contributed by atoms with Crippen LogP contribution in [-0.2, 0) is 0 Å². The van der Waals surface area contributed by atoms with Crippen molar-refractivity contribution >= 4 is 36.2 Å². The zero-order valence-electron chi connectivity index (χ0n) is 7.36. The molecule has 1 rings (SSSR count). The predicted octanol–water partition coefficient (Wildman–Crippen LogP) is 0.0721. The Morgan fingerprint density at radius 2 is 2.10 bits per heavy atom. The molecule has 1 heterocycles. The molecule has 0 aromatic heterocycles. The molecule has 54 valence electrons. The molecule has 1 aliphatic rings. The number of rotatable bonds is 3. The van der Waals surface area contributed by atoms with Gasteiger partial charge in [-0.05, 0) is 0 Å². The van der Waals surface area contributed by atoms with Gasteiger partial charge in [0.2, 0.25) is 0 Å². The van der Waals surface area contributed by atoms with Crippen LogP contribution in [0.4, 0.5) is 0 Å². The van der Waals surface area contributed by atoms with Crippen LogP contribution < -0.4 is 0 Å². The molecule has 0 radical (unpaired) electrons. The van der Waals surface area contributed by atoms with Crippen molar-refractivity contribution in [3.63, 3.8) is 0 Å². The molecule has 0 aliphatic carbocycles. The third-order valence-corrected chi connectivity index (χ3v) is 6.34. The maximum absolute atomic E-state index is 2.55. The van der Waals surface area contributed by atoms with Gasteiger partial charge in [-0.3, -0.25) is 0 Å². The Morgan fingerprint density at radius 3 is 2.60 bits per heavy atom. The fourth-order valence-corrected chi connectivity index (χ4v) is 5.10. The number of hydrogen-bond donors (Lipinski definition) is 0. The van der Waals surface area contributed by atoms with Crippen LogP contribution in [0, 0.1) is 0 Å². The van der Waals surface area contributed by atoms with E-state index in [1.807, 2.05) is 0 Å². The molecular weight excluding hydrogens is 135 g/mol. The van der Waals surface area contributed by atoms with Crippen LogP contribution >= 0.6 is 9.43 Å². The molecule has 0 N–H and O–H groups in total. The Kier molecular flexibility index (Phi) is 3.35. The second-order valence-corrected chi connectivity index (χ2v) is 7.83. The summed E-state index contributed by atoms with van der Waals surface area (Å²) in [6.45, 7) is 7.02. The predicted molar refractivity (Wildman–Crippen MR) is 62.3 cm³/mol. The van der Waals surface area contributed by atoms with E-state index in [-0.39, 0.29) is 9.43 Å². The Bertz CT molecular complexity index is 102. The SMILES string of the molecule is BS1(BCCC)BCCB1. The maximum atomic E-state index is 2.55. The van der Waals surface area contributed by atoms with Crippen LogP contribution in [0.3, 0.4) is 0 Å². The monoisotopic (exact) mass is 152 g/mol. The van der Waals surface area contributed by atoms with E-state index in [0.29, 0.717) is 0 Å². The standard InChI is InChI=1S/C5H16B4S/c1-2-3-7-10(6)8-4-5-9-10/h7-9H,2-6H2,1H3. The first-order valence-corrected chi connectivity index (χ1v) is 7.03. The van der Waals surface area contributed by atoms with Crippen LogP contribution in [0.1, 0.15) is 13.3 Å². The zero-order chi connectivity index (χ0) is 7.45. The topological polar surface area (TPSA) is 0 Å². The van der Waals surface area contributed by atoms with Crippen molar-refractivity contribution in [2.45, 2.75) is 32.3 Å². The van der Waals surface area contributed by atoms with Crippen molar-refractivity contribution < 1.29 is 0 Å². The average molecular weight is 151 g/mol. The molecule has 0 amide bonds. The smallest absolute Gasteiger partial charge is 0.144 e. The first kappa shape index (κ1) is 8.70. The average Bonchev–Trinajstić information content (AvgIpc) is 2.33. The first-order chi connectivity index (χ1) is 4.77. The van der Waals surface area contributed by atoms with Crippen LogP contribution in [0.15, 0.2) is 0 Å². The van der Waals surface area contributed by atoms with E-state index in [4.69, 9.17) is 0 Å². The largest absolute Gasteiger partial charge is 0.377 e. The minimum absolute atomic E-state index is 0.0659. The fraction of sp³-hybridized carbons (Fsp3) is 1.00. The highest BCUT2D eigenvalue weighted by Crippen LogP contribution is 2.45. The molecular formula is C5H16B4S. The van der Waals surface area contributed by atoms with Gasteiger partial charge in [-0.25, -0.2) is 0 Å². The van der Waals surface area contributed by atoms with Crippen LogP contribution in [-0.4, -0.2) is 26.8 Å². The van der Waals surface area contributed by atoms with Crippen molar-refractivity contribution in [2.24, 2.45) is 0 Å². The lowest BCUT2D eigenvalue weighted by Gasteiger charge is -2.28. The van der Waals surface area contributed by atoms with E-state index in [2.05, 4.69) is 14.0 Å². The van der Waals surface area contributed by atoms with E-state index in [0.717, 1.165) is 0 Å². The van der Waals surface area contributed by atoms with E-state index in [9.17, 15) is 0 Å². The van der Waals surface area contributed by atoms with E-state index >= 15 is 0 Å². The Labute approximate surface area is 69.0 Å². The summed E-state index contributed by atoms with van der Waals surface area (Å²) < 4.78 is 0. The lowest BCUT2D eigenvalue weighted by Crippen LogP contribution is -2.13. The quantitative estimate of drug-likeness (QED) is 0.501. The molecule has 0 aromatic carbocycles. The van der Waals surface area contributed by atoms with Gasteiger partial charge in [0.25, 0.3) is 0 Å². The normalized spacial score (nSPS) is 24.5. The first-order valence-electron chi connectivity index (χ1n) is 4.48. The molecule has 0 unspecified atom stereocenters. The Morgan fingerprint density at radius 1 is 1.50 bits per heavy atom. The summed E-state index contributed by atoms with van der Waals surface area (Å²) in [4.78, 5) is 0. The lowest BCUT2D eigenvalue weighted by molar-refractivity contribution is 1.08.